The second-order valence-electron chi connectivity index (χ2n) is 6.45. The van der Waals surface area contributed by atoms with E-state index in [0.717, 1.165) is 28.9 Å². The molecule has 114 valence electrons. The summed E-state index contributed by atoms with van der Waals surface area (Å²) in [5.41, 5.74) is 3.53. The maximum Gasteiger partial charge on any atom is 0.414 e. The summed E-state index contributed by atoms with van der Waals surface area (Å²) in [6.45, 7) is 6.26. The van der Waals surface area contributed by atoms with Crippen LogP contribution in [0.1, 0.15) is 26.3 Å². The summed E-state index contributed by atoms with van der Waals surface area (Å²) >= 11 is 0. The average Bonchev–Trinajstić information content (AvgIpc) is 2.89. The van der Waals surface area contributed by atoms with Crippen molar-refractivity contribution in [3.63, 3.8) is 0 Å². The van der Waals surface area contributed by atoms with Crippen LogP contribution < -0.4 is 4.90 Å². The van der Waals surface area contributed by atoms with Crippen LogP contribution in [0.25, 0.3) is 11.3 Å². The highest BCUT2D eigenvalue weighted by Crippen LogP contribution is 2.31. The van der Waals surface area contributed by atoms with Crippen LogP contribution in [0.3, 0.4) is 0 Å². The van der Waals surface area contributed by atoms with Crippen molar-refractivity contribution < 1.29 is 9.53 Å². The Hall–Kier alpha value is -2.36. The number of hydrogen-bond donors (Lipinski definition) is 0. The van der Waals surface area contributed by atoms with E-state index in [0.29, 0.717) is 6.54 Å². The van der Waals surface area contributed by atoms with Crippen molar-refractivity contribution in [1.29, 1.82) is 0 Å². The molecule has 0 bridgehead atoms. The lowest BCUT2D eigenvalue weighted by molar-refractivity contribution is 0.0584. The zero-order valence-corrected chi connectivity index (χ0v) is 13.2. The molecule has 1 aromatic heterocycles. The Morgan fingerprint density at radius 2 is 1.95 bits per heavy atom. The van der Waals surface area contributed by atoms with Gasteiger partial charge in [0.25, 0.3) is 0 Å². The summed E-state index contributed by atoms with van der Waals surface area (Å²) in [5.74, 6) is 0. The van der Waals surface area contributed by atoms with Gasteiger partial charge in [-0.05, 0) is 38.8 Å². The number of amides is 1. The lowest BCUT2D eigenvalue weighted by atomic mass is 10.1. The van der Waals surface area contributed by atoms with E-state index in [1.165, 1.54) is 0 Å². The van der Waals surface area contributed by atoms with E-state index < -0.39 is 5.60 Å². The normalized spacial score (nSPS) is 13.9. The van der Waals surface area contributed by atoms with Crippen molar-refractivity contribution in [2.75, 3.05) is 11.4 Å². The fraction of sp³-hybridized carbons (Fsp3) is 0.333. The van der Waals surface area contributed by atoms with Gasteiger partial charge < -0.3 is 4.74 Å². The SMILES string of the molecule is CC(C)(C)OC(=O)N1CCc2cc(-c3ccccc3)ncc21. The van der Waals surface area contributed by atoms with E-state index in [-0.39, 0.29) is 6.09 Å². The van der Waals surface area contributed by atoms with Crippen LogP contribution in [0.5, 0.6) is 0 Å². The van der Waals surface area contributed by atoms with Crippen LogP contribution in [0.4, 0.5) is 10.5 Å². The van der Waals surface area contributed by atoms with Gasteiger partial charge in [-0.15, -0.1) is 0 Å². The molecule has 1 amide bonds. The van der Waals surface area contributed by atoms with Crippen molar-refractivity contribution in [2.24, 2.45) is 0 Å². The molecule has 0 radical (unpaired) electrons. The lowest BCUT2D eigenvalue weighted by Gasteiger charge is -2.24. The maximum atomic E-state index is 12.3. The summed E-state index contributed by atoms with van der Waals surface area (Å²) in [6, 6.07) is 12.1. The molecular formula is C18H20N2O2. The summed E-state index contributed by atoms with van der Waals surface area (Å²) in [5, 5.41) is 0. The summed E-state index contributed by atoms with van der Waals surface area (Å²) in [6.07, 6.45) is 2.30. The van der Waals surface area contributed by atoms with Gasteiger partial charge in [-0.1, -0.05) is 30.3 Å². The molecule has 3 rings (SSSR count). The molecule has 0 atom stereocenters. The Morgan fingerprint density at radius 3 is 2.64 bits per heavy atom. The number of hydrogen-bond acceptors (Lipinski definition) is 3. The minimum atomic E-state index is -0.489. The molecule has 0 fully saturated rings. The van der Waals surface area contributed by atoms with E-state index in [1.807, 2.05) is 51.1 Å². The minimum absolute atomic E-state index is 0.305. The van der Waals surface area contributed by atoms with E-state index in [4.69, 9.17) is 4.74 Å². The largest absolute Gasteiger partial charge is 0.443 e. The molecule has 2 heterocycles. The number of fused-ring (bicyclic) bond motifs is 1. The van der Waals surface area contributed by atoms with Gasteiger partial charge in [0, 0.05) is 12.1 Å². The predicted molar refractivity (Wildman–Crippen MR) is 87.0 cm³/mol. The second-order valence-corrected chi connectivity index (χ2v) is 6.45. The molecule has 0 saturated carbocycles. The number of aromatic nitrogens is 1. The third-order valence-electron chi connectivity index (χ3n) is 3.54. The van der Waals surface area contributed by atoms with Crippen LogP contribution in [0.2, 0.25) is 0 Å². The van der Waals surface area contributed by atoms with Crippen molar-refractivity contribution >= 4 is 11.8 Å². The maximum absolute atomic E-state index is 12.3. The number of carbonyl (C=O) groups excluding carboxylic acids is 1. The molecule has 22 heavy (non-hydrogen) atoms. The smallest absolute Gasteiger partial charge is 0.414 e. The molecule has 1 aliphatic heterocycles. The lowest BCUT2D eigenvalue weighted by Crippen LogP contribution is -2.35. The highest BCUT2D eigenvalue weighted by Gasteiger charge is 2.29. The topological polar surface area (TPSA) is 42.4 Å². The quantitative estimate of drug-likeness (QED) is 0.797. The first-order valence-electron chi connectivity index (χ1n) is 7.49. The third kappa shape index (κ3) is 2.96. The first-order chi connectivity index (χ1) is 10.4. The molecule has 2 aromatic rings. The number of anilines is 1. The van der Waals surface area contributed by atoms with Crippen molar-refractivity contribution in [3.05, 3.63) is 48.2 Å². The van der Waals surface area contributed by atoms with Gasteiger partial charge in [0.05, 0.1) is 17.6 Å². The third-order valence-corrected chi connectivity index (χ3v) is 3.54. The predicted octanol–water partition coefficient (Wildman–Crippen LogP) is 4.05. The van der Waals surface area contributed by atoms with Crippen molar-refractivity contribution in [1.82, 2.24) is 4.98 Å². The minimum Gasteiger partial charge on any atom is -0.443 e. The zero-order valence-electron chi connectivity index (χ0n) is 13.2. The monoisotopic (exact) mass is 296 g/mol. The van der Waals surface area contributed by atoms with Gasteiger partial charge in [0.2, 0.25) is 0 Å². The number of benzene rings is 1. The number of ether oxygens (including phenoxy) is 1. The molecule has 1 aromatic carbocycles. The number of carbonyl (C=O) groups is 1. The van der Waals surface area contributed by atoms with Gasteiger partial charge in [0.1, 0.15) is 5.60 Å². The molecular weight excluding hydrogens is 276 g/mol. The standard InChI is InChI=1S/C18H20N2O2/c1-18(2,3)22-17(21)20-10-9-14-11-15(19-12-16(14)20)13-7-5-4-6-8-13/h4-8,11-12H,9-10H2,1-3H3. The van der Waals surface area contributed by atoms with E-state index in [2.05, 4.69) is 11.1 Å². The molecule has 4 nitrogen and oxygen atoms in total. The average molecular weight is 296 g/mol. The Kier molecular flexibility index (Phi) is 3.61. The zero-order chi connectivity index (χ0) is 15.7. The van der Waals surface area contributed by atoms with Gasteiger partial charge in [-0.3, -0.25) is 9.88 Å². The molecule has 0 aliphatic carbocycles. The van der Waals surface area contributed by atoms with Crippen LogP contribution in [0, 0.1) is 0 Å². The Labute approximate surface area is 130 Å². The summed E-state index contributed by atoms with van der Waals surface area (Å²) in [4.78, 5) is 18.4. The Bertz CT molecular complexity index is 690. The molecule has 0 spiro atoms. The Morgan fingerprint density at radius 1 is 1.23 bits per heavy atom. The van der Waals surface area contributed by atoms with Crippen LogP contribution in [0.15, 0.2) is 42.6 Å². The van der Waals surface area contributed by atoms with Gasteiger partial charge in [-0.25, -0.2) is 4.79 Å². The Balaban J connectivity index is 1.86. The fourth-order valence-electron chi connectivity index (χ4n) is 2.56. The van der Waals surface area contributed by atoms with E-state index in [9.17, 15) is 4.79 Å². The number of nitrogens with zero attached hydrogens (tertiary/aromatic N) is 2. The van der Waals surface area contributed by atoms with Crippen LogP contribution in [-0.4, -0.2) is 23.2 Å². The van der Waals surface area contributed by atoms with Crippen LogP contribution in [-0.2, 0) is 11.2 Å². The second kappa shape index (κ2) is 5.44. The van der Waals surface area contributed by atoms with Gasteiger partial charge in [0.15, 0.2) is 0 Å². The first-order valence-corrected chi connectivity index (χ1v) is 7.49. The number of rotatable bonds is 1. The van der Waals surface area contributed by atoms with Gasteiger partial charge >= 0.3 is 6.09 Å². The molecule has 0 N–H and O–H groups in total. The summed E-state index contributed by atoms with van der Waals surface area (Å²) in [7, 11) is 0. The summed E-state index contributed by atoms with van der Waals surface area (Å²) < 4.78 is 5.45. The first kappa shape index (κ1) is 14.6. The molecule has 4 heteroatoms. The number of pyridine rings is 1. The molecule has 1 aliphatic rings. The molecule has 0 saturated heterocycles. The van der Waals surface area contributed by atoms with Crippen molar-refractivity contribution in [2.45, 2.75) is 32.8 Å². The van der Waals surface area contributed by atoms with E-state index in [1.54, 1.807) is 11.1 Å². The van der Waals surface area contributed by atoms with E-state index >= 15 is 0 Å². The highest BCUT2D eigenvalue weighted by molar-refractivity contribution is 5.90. The van der Waals surface area contributed by atoms with Crippen LogP contribution >= 0.6 is 0 Å². The fourth-order valence-corrected chi connectivity index (χ4v) is 2.56. The van der Waals surface area contributed by atoms with Gasteiger partial charge in [-0.2, -0.15) is 0 Å². The molecule has 0 unspecified atom stereocenters. The van der Waals surface area contributed by atoms with Crippen molar-refractivity contribution in [3.8, 4) is 11.3 Å². The highest BCUT2D eigenvalue weighted by atomic mass is 16.6.